The smallest absolute Gasteiger partial charge is 0.329 e. The zero-order chi connectivity index (χ0) is 22.5. The zero-order valence-electron chi connectivity index (χ0n) is 17.4. The van der Waals surface area contributed by atoms with E-state index in [1.54, 1.807) is 0 Å². The molecule has 2 aromatic rings. The van der Waals surface area contributed by atoms with E-state index in [1.807, 2.05) is 48.5 Å². The maximum Gasteiger partial charge on any atom is 0.329 e. The molecule has 0 saturated heterocycles. The van der Waals surface area contributed by atoms with Crippen molar-refractivity contribution >= 4 is 23.8 Å². The first kappa shape index (κ1) is 22.0. The predicted molar refractivity (Wildman–Crippen MR) is 110 cm³/mol. The fourth-order valence-electron chi connectivity index (χ4n) is 3.88. The van der Waals surface area contributed by atoms with E-state index in [-0.39, 0.29) is 0 Å². The highest BCUT2D eigenvalue weighted by molar-refractivity contribution is 5.99. The zero-order valence-corrected chi connectivity index (χ0v) is 17.4. The Kier molecular flexibility index (Phi) is 6.69. The molecule has 0 aliphatic heterocycles. The van der Waals surface area contributed by atoms with Crippen molar-refractivity contribution in [2.45, 2.75) is 18.4 Å². The van der Waals surface area contributed by atoms with Gasteiger partial charge < -0.3 is 19.5 Å². The number of benzene rings is 2. The van der Waals surface area contributed by atoms with Gasteiger partial charge in [0.1, 0.15) is 6.04 Å². The van der Waals surface area contributed by atoms with Crippen LogP contribution in [0.2, 0.25) is 0 Å². The van der Waals surface area contributed by atoms with Crippen LogP contribution in [0.15, 0.2) is 48.5 Å². The van der Waals surface area contributed by atoms with Crippen molar-refractivity contribution in [1.82, 2.24) is 5.32 Å². The molecule has 1 amide bonds. The summed E-state index contributed by atoms with van der Waals surface area (Å²) < 4.78 is 14.2. The molecule has 3 rings (SSSR count). The number of ether oxygens (including phenoxy) is 3. The molecule has 162 valence electrons. The van der Waals surface area contributed by atoms with Gasteiger partial charge in [0, 0.05) is 0 Å². The van der Waals surface area contributed by atoms with Gasteiger partial charge in [-0.15, -0.1) is 0 Å². The topological polar surface area (TPSA) is 108 Å². The Morgan fingerprint density at radius 1 is 0.806 bits per heavy atom. The van der Waals surface area contributed by atoms with Gasteiger partial charge in [0.15, 0.2) is 0 Å². The standard InChI is InChI=1S/C23H23NO7/c1-29-18(25)12-17(22(27)30-2)20(23(28)31-3)24-21(26)19-15-10-6-4-8-13(15)14-9-5-7-11-16(14)19/h4-11,17,19-20H,12H2,1-3H3,(H,24,26)/t17-,20+/m0/s1. The molecule has 0 unspecified atom stereocenters. The van der Waals surface area contributed by atoms with E-state index in [2.05, 4.69) is 10.1 Å². The second-order valence-corrected chi connectivity index (χ2v) is 7.03. The van der Waals surface area contributed by atoms with Crippen molar-refractivity contribution in [3.8, 4) is 11.1 Å². The minimum absolute atomic E-state index is 0.457. The molecule has 2 atom stereocenters. The van der Waals surface area contributed by atoms with Gasteiger partial charge in [-0.25, -0.2) is 4.79 Å². The van der Waals surface area contributed by atoms with Gasteiger partial charge in [-0.1, -0.05) is 48.5 Å². The molecule has 0 spiro atoms. The fraction of sp³-hybridized carbons (Fsp3) is 0.304. The number of rotatable bonds is 7. The number of fused-ring (bicyclic) bond motifs is 3. The van der Waals surface area contributed by atoms with Crippen LogP contribution in [0.1, 0.15) is 23.5 Å². The van der Waals surface area contributed by atoms with Crippen LogP contribution >= 0.6 is 0 Å². The molecule has 2 aromatic carbocycles. The van der Waals surface area contributed by atoms with Crippen LogP contribution in [0.25, 0.3) is 11.1 Å². The minimum Gasteiger partial charge on any atom is -0.469 e. The molecule has 0 fully saturated rings. The first-order chi connectivity index (χ1) is 14.9. The third-order valence-electron chi connectivity index (χ3n) is 5.37. The monoisotopic (exact) mass is 425 g/mol. The molecular weight excluding hydrogens is 402 g/mol. The van der Waals surface area contributed by atoms with Crippen molar-refractivity contribution < 1.29 is 33.4 Å². The van der Waals surface area contributed by atoms with Crippen LogP contribution in [-0.4, -0.2) is 51.2 Å². The second-order valence-electron chi connectivity index (χ2n) is 7.03. The van der Waals surface area contributed by atoms with E-state index in [0.29, 0.717) is 0 Å². The molecule has 1 aliphatic rings. The van der Waals surface area contributed by atoms with Crippen LogP contribution in [0.3, 0.4) is 0 Å². The molecule has 1 N–H and O–H groups in total. The van der Waals surface area contributed by atoms with Crippen LogP contribution in [0.4, 0.5) is 0 Å². The third kappa shape index (κ3) is 4.28. The van der Waals surface area contributed by atoms with Crippen molar-refractivity contribution in [2.75, 3.05) is 21.3 Å². The quantitative estimate of drug-likeness (QED) is 0.532. The predicted octanol–water partition coefficient (Wildman–Crippen LogP) is 1.81. The van der Waals surface area contributed by atoms with E-state index in [1.165, 1.54) is 0 Å². The summed E-state index contributed by atoms with van der Waals surface area (Å²) in [4.78, 5) is 50.0. The lowest BCUT2D eigenvalue weighted by atomic mass is 9.92. The molecule has 0 bridgehead atoms. The highest BCUT2D eigenvalue weighted by atomic mass is 16.5. The number of carbonyl (C=O) groups excluding carboxylic acids is 4. The first-order valence-electron chi connectivity index (χ1n) is 9.64. The van der Waals surface area contributed by atoms with Crippen LogP contribution < -0.4 is 5.32 Å². The van der Waals surface area contributed by atoms with Crippen LogP contribution in [0, 0.1) is 5.92 Å². The van der Waals surface area contributed by atoms with E-state index in [0.717, 1.165) is 43.6 Å². The normalized spacial score (nSPS) is 13.9. The van der Waals surface area contributed by atoms with Gasteiger partial charge in [0.05, 0.1) is 39.6 Å². The maximum atomic E-state index is 13.4. The van der Waals surface area contributed by atoms with E-state index < -0.39 is 48.1 Å². The Labute approximate surface area is 179 Å². The average molecular weight is 425 g/mol. The Bertz CT molecular complexity index is 971. The Morgan fingerprint density at radius 2 is 1.32 bits per heavy atom. The van der Waals surface area contributed by atoms with Gasteiger partial charge in [-0.05, 0) is 22.3 Å². The molecule has 0 saturated carbocycles. The van der Waals surface area contributed by atoms with E-state index in [9.17, 15) is 19.2 Å². The fourth-order valence-corrected chi connectivity index (χ4v) is 3.88. The first-order valence-corrected chi connectivity index (χ1v) is 9.64. The summed E-state index contributed by atoms with van der Waals surface area (Å²) in [6.07, 6.45) is -0.457. The maximum absolute atomic E-state index is 13.4. The molecule has 0 heterocycles. The number of esters is 3. The second kappa shape index (κ2) is 9.42. The summed E-state index contributed by atoms with van der Waals surface area (Å²) in [7, 11) is 3.43. The lowest BCUT2D eigenvalue weighted by Gasteiger charge is -2.25. The molecule has 31 heavy (non-hydrogen) atoms. The molecule has 8 nitrogen and oxygen atoms in total. The van der Waals surface area contributed by atoms with Gasteiger partial charge >= 0.3 is 17.9 Å². The lowest BCUT2D eigenvalue weighted by molar-refractivity contribution is -0.159. The number of amides is 1. The van der Waals surface area contributed by atoms with Gasteiger partial charge in [-0.2, -0.15) is 0 Å². The van der Waals surface area contributed by atoms with Crippen LogP contribution in [-0.2, 0) is 33.4 Å². The van der Waals surface area contributed by atoms with E-state index >= 15 is 0 Å². The Balaban J connectivity index is 1.97. The van der Waals surface area contributed by atoms with Gasteiger partial charge in [0.25, 0.3) is 0 Å². The van der Waals surface area contributed by atoms with Crippen molar-refractivity contribution in [2.24, 2.45) is 5.92 Å². The number of carbonyl (C=O) groups is 4. The molecule has 0 radical (unpaired) electrons. The summed E-state index contributed by atoms with van der Waals surface area (Å²) in [5.41, 5.74) is 3.42. The largest absolute Gasteiger partial charge is 0.469 e. The van der Waals surface area contributed by atoms with Crippen LogP contribution in [0.5, 0.6) is 0 Å². The third-order valence-corrected chi connectivity index (χ3v) is 5.37. The summed E-state index contributed by atoms with van der Waals surface area (Å²) >= 11 is 0. The lowest BCUT2D eigenvalue weighted by Crippen LogP contribution is -2.51. The molecule has 0 aromatic heterocycles. The van der Waals surface area contributed by atoms with Crippen molar-refractivity contribution in [3.63, 3.8) is 0 Å². The number of hydrogen-bond acceptors (Lipinski definition) is 7. The highest BCUT2D eigenvalue weighted by Crippen LogP contribution is 2.44. The van der Waals surface area contributed by atoms with Crippen molar-refractivity contribution in [1.29, 1.82) is 0 Å². The Morgan fingerprint density at radius 3 is 1.81 bits per heavy atom. The number of hydrogen-bond donors (Lipinski definition) is 1. The van der Waals surface area contributed by atoms with Gasteiger partial charge in [-0.3, -0.25) is 14.4 Å². The minimum atomic E-state index is -1.43. The summed E-state index contributed by atoms with van der Waals surface area (Å²) in [5, 5.41) is 2.61. The average Bonchev–Trinajstić information content (AvgIpc) is 3.14. The Hall–Kier alpha value is -3.68. The van der Waals surface area contributed by atoms with Crippen molar-refractivity contribution in [3.05, 3.63) is 59.7 Å². The number of nitrogens with one attached hydrogen (secondary N) is 1. The molecule has 8 heteroatoms. The summed E-state index contributed by atoms with van der Waals surface area (Å²) in [6.45, 7) is 0. The number of methoxy groups -OCH3 is 3. The molecule has 1 aliphatic carbocycles. The molecular formula is C23H23NO7. The van der Waals surface area contributed by atoms with E-state index in [4.69, 9.17) is 9.47 Å². The summed E-state index contributed by atoms with van der Waals surface area (Å²) in [5.74, 6) is -4.92. The highest BCUT2D eigenvalue weighted by Gasteiger charge is 2.41. The summed E-state index contributed by atoms with van der Waals surface area (Å²) in [6, 6.07) is 13.5. The van der Waals surface area contributed by atoms with Gasteiger partial charge in [0.2, 0.25) is 5.91 Å². The SMILES string of the molecule is COC(=O)C[C@H](C(=O)OC)[C@@H](NC(=O)C1c2ccccc2-c2ccccc21)C(=O)OC.